The predicted octanol–water partition coefficient (Wildman–Crippen LogP) is 2.69. The average Bonchev–Trinajstić information content (AvgIpc) is 2.18. The first-order chi connectivity index (χ1) is 7.90. The zero-order valence-electron chi connectivity index (χ0n) is 11.3. The first-order valence-electron chi connectivity index (χ1n) is 6.64. The summed E-state index contributed by atoms with van der Waals surface area (Å²) in [7, 11) is 0. The SMILES string of the molecule is CC(C)(C)CC(=O)NC1CCC(CC=O)CC1. The summed E-state index contributed by atoms with van der Waals surface area (Å²) in [4.78, 5) is 22.2. The minimum Gasteiger partial charge on any atom is -0.353 e. The Morgan fingerprint density at radius 3 is 2.29 bits per heavy atom. The van der Waals surface area contributed by atoms with Crippen LogP contribution in [0.15, 0.2) is 0 Å². The highest BCUT2D eigenvalue weighted by atomic mass is 16.1. The molecule has 0 bridgehead atoms. The normalized spacial score (nSPS) is 25.4. The van der Waals surface area contributed by atoms with Crippen LogP contribution >= 0.6 is 0 Å². The number of carbonyl (C=O) groups excluding carboxylic acids is 2. The van der Waals surface area contributed by atoms with Crippen LogP contribution in [0.3, 0.4) is 0 Å². The van der Waals surface area contributed by atoms with Crippen molar-refractivity contribution in [2.45, 2.75) is 65.3 Å². The van der Waals surface area contributed by atoms with Crippen LogP contribution in [0.1, 0.15) is 59.3 Å². The number of rotatable bonds is 4. The molecule has 0 unspecified atom stereocenters. The molecule has 1 N–H and O–H groups in total. The second kappa shape index (κ2) is 6.18. The molecule has 3 nitrogen and oxygen atoms in total. The molecule has 1 amide bonds. The lowest BCUT2D eigenvalue weighted by Crippen LogP contribution is -2.39. The van der Waals surface area contributed by atoms with E-state index in [1.54, 1.807) is 0 Å². The molecule has 1 fully saturated rings. The summed E-state index contributed by atoms with van der Waals surface area (Å²) in [5, 5.41) is 3.11. The van der Waals surface area contributed by atoms with Gasteiger partial charge in [0.2, 0.25) is 5.91 Å². The quantitative estimate of drug-likeness (QED) is 0.767. The smallest absolute Gasteiger partial charge is 0.220 e. The maximum atomic E-state index is 11.8. The molecular formula is C14H25NO2. The van der Waals surface area contributed by atoms with E-state index in [0.29, 0.717) is 24.8 Å². The van der Waals surface area contributed by atoms with E-state index in [1.807, 2.05) is 0 Å². The largest absolute Gasteiger partial charge is 0.353 e. The Morgan fingerprint density at radius 2 is 1.82 bits per heavy atom. The zero-order valence-corrected chi connectivity index (χ0v) is 11.3. The number of nitrogens with one attached hydrogen (secondary N) is 1. The Bertz CT molecular complexity index is 260. The molecule has 1 saturated carbocycles. The predicted molar refractivity (Wildman–Crippen MR) is 68.6 cm³/mol. The maximum Gasteiger partial charge on any atom is 0.220 e. The van der Waals surface area contributed by atoms with Crippen LogP contribution in [0.4, 0.5) is 0 Å². The lowest BCUT2D eigenvalue weighted by Gasteiger charge is -2.29. The van der Waals surface area contributed by atoms with Crippen LogP contribution in [0.5, 0.6) is 0 Å². The lowest BCUT2D eigenvalue weighted by atomic mass is 9.84. The monoisotopic (exact) mass is 239 g/mol. The Balaban J connectivity index is 2.26. The van der Waals surface area contributed by atoms with Crippen LogP contribution in [-0.2, 0) is 9.59 Å². The van der Waals surface area contributed by atoms with Crippen LogP contribution in [0.25, 0.3) is 0 Å². The average molecular weight is 239 g/mol. The fraction of sp³-hybridized carbons (Fsp3) is 0.857. The Morgan fingerprint density at radius 1 is 1.24 bits per heavy atom. The van der Waals surface area contributed by atoms with Gasteiger partial charge in [0.25, 0.3) is 0 Å². The lowest BCUT2D eigenvalue weighted by molar-refractivity contribution is -0.123. The third kappa shape index (κ3) is 5.85. The molecule has 0 aliphatic heterocycles. The second-order valence-corrected chi connectivity index (χ2v) is 6.42. The van der Waals surface area contributed by atoms with Crippen molar-refractivity contribution in [1.29, 1.82) is 0 Å². The van der Waals surface area contributed by atoms with Gasteiger partial charge in [0.05, 0.1) is 0 Å². The van der Waals surface area contributed by atoms with Gasteiger partial charge in [0.15, 0.2) is 0 Å². The molecule has 1 aliphatic rings. The molecular weight excluding hydrogens is 214 g/mol. The van der Waals surface area contributed by atoms with Crippen molar-refractivity contribution in [1.82, 2.24) is 5.32 Å². The molecule has 98 valence electrons. The number of hydrogen-bond acceptors (Lipinski definition) is 2. The van der Waals surface area contributed by atoms with Gasteiger partial charge in [-0.05, 0) is 37.0 Å². The van der Waals surface area contributed by atoms with Crippen molar-refractivity contribution in [3.05, 3.63) is 0 Å². The molecule has 3 heteroatoms. The molecule has 17 heavy (non-hydrogen) atoms. The highest BCUT2D eigenvalue weighted by molar-refractivity contribution is 5.76. The van der Waals surface area contributed by atoms with Crippen molar-refractivity contribution >= 4 is 12.2 Å². The summed E-state index contributed by atoms with van der Waals surface area (Å²) in [5.41, 5.74) is 0.0544. The van der Waals surface area contributed by atoms with Gasteiger partial charge in [0.1, 0.15) is 6.29 Å². The molecule has 0 aromatic carbocycles. The maximum absolute atomic E-state index is 11.8. The summed E-state index contributed by atoms with van der Waals surface area (Å²) in [5.74, 6) is 0.708. The van der Waals surface area contributed by atoms with Gasteiger partial charge in [-0.25, -0.2) is 0 Å². The van der Waals surface area contributed by atoms with Crippen LogP contribution in [0, 0.1) is 11.3 Å². The van der Waals surface area contributed by atoms with Crippen molar-refractivity contribution in [2.24, 2.45) is 11.3 Å². The van der Waals surface area contributed by atoms with Crippen LogP contribution < -0.4 is 5.32 Å². The highest BCUT2D eigenvalue weighted by Crippen LogP contribution is 2.26. The van der Waals surface area contributed by atoms with Crippen LogP contribution in [-0.4, -0.2) is 18.2 Å². The molecule has 0 atom stereocenters. The van der Waals surface area contributed by atoms with E-state index in [0.717, 1.165) is 32.0 Å². The van der Waals surface area contributed by atoms with E-state index in [4.69, 9.17) is 0 Å². The van der Waals surface area contributed by atoms with Crippen molar-refractivity contribution in [3.63, 3.8) is 0 Å². The van der Waals surface area contributed by atoms with Gasteiger partial charge >= 0.3 is 0 Å². The van der Waals surface area contributed by atoms with E-state index in [-0.39, 0.29) is 11.3 Å². The third-order valence-electron chi connectivity index (χ3n) is 3.33. The van der Waals surface area contributed by atoms with Crippen LogP contribution in [0.2, 0.25) is 0 Å². The third-order valence-corrected chi connectivity index (χ3v) is 3.33. The molecule has 0 aromatic rings. The van der Waals surface area contributed by atoms with E-state index in [2.05, 4.69) is 26.1 Å². The first-order valence-corrected chi connectivity index (χ1v) is 6.64. The summed E-state index contributed by atoms with van der Waals surface area (Å²) in [6.45, 7) is 6.23. The van der Waals surface area contributed by atoms with Crippen molar-refractivity contribution in [3.8, 4) is 0 Å². The van der Waals surface area contributed by atoms with Crippen molar-refractivity contribution < 1.29 is 9.59 Å². The summed E-state index contributed by atoms with van der Waals surface area (Å²) in [6, 6.07) is 0.327. The van der Waals surface area contributed by atoms with E-state index in [1.165, 1.54) is 0 Å². The molecule has 1 rings (SSSR count). The van der Waals surface area contributed by atoms with Gasteiger partial charge in [-0.1, -0.05) is 20.8 Å². The molecule has 0 spiro atoms. The molecule has 0 saturated heterocycles. The fourth-order valence-corrected chi connectivity index (χ4v) is 2.44. The van der Waals surface area contributed by atoms with Gasteiger partial charge in [-0.2, -0.15) is 0 Å². The summed E-state index contributed by atoms with van der Waals surface area (Å²) >= 11 is 0. The van der Waals surface area contributed by atoms with Gasteiger partial charge < -0.3 is 10.1 Å². The fourth-order valence-electron chi connectivity index (χ4n) is 2.44. The zero-order chi connectivity index (χ0) is 12.9. The first kappa shape index (κ1) is 14.2. The van der Waals surface area contributed by atoms with Gasteiger partial charge in [-0.3, -0.25) is 4.79 Å². The van der Waals surface area contributed by atoms with E-state index >= 15 is 0 Å². The topological polar surface area (TPSA) is 46.2 Å². The Kier molecular flexibility index (Phi) is 5.16. The number of aldehydes is 1. The molecule has 0 radical (unpaired) electrons. The number of amides is 1. The van der Waals surface area contributed by atoms with E-state index < -0.39 is 0 Å². The second-order valence-electron chi connectivity index (χ2n) is 6.42. The number of carbonyl (C=O) groups is 2. The minimum atomic E-state index is 0.0544. The van der Waals surface area contributed by atoms with Gasteiger partial charge in [-0.15, -0.1) is 0 Å². The minimum absolute atomic E-state index is 0.0544. The molecule has 0 heterocycles. The standard InChI is InChI=1S/C14H25NO2/c1-14(2,3)10-13(17)15-12-6-4-11(5-7-12)8-9-16/h9,11-12H,4-8,10H2,1-3H3,(H,15,17). The Hall–Kier alpha value is -0.860. The van der Waals surface area contributed by atoms with E-state index in [9.17, 15) is 9.59 Å². The molecule has 0 aromatic heterocycles. The summed E-state index contributed by atoms with van der Waals surface area (Å²) in [6.07, 6.45) is 6.47. The van der Waals surface area contributed by atoms with Gasteiger partial charge in [0, 0.05) is 18.9 Å². The van der Waals surface area contributed by atoms with Crippen molar-refractivity contribution in [2.75, 3.05) is 0 Å². The Labute approximate surface area is 104 Å². The molecule has 1 aliphatic carbocycles. The highest BCUT2D eigenvalue weighted by Gasteiger charge is 2.23. The number of hydrogen-bond donors (Lipinski definition) is 1. The summed E-state index contributed by atoms with van der Waals surface area (Å²) < 4.78 is 0.